The van der Waals surface area contributed by atoms with Crippen LogP contribution >= 0.6 is 0 Å². The van der Waals surface area contributed by atoms with Crippen molar-refractivity contribution in [1.82, 2.24) is 10.2 Å². The van der Waals surface area contributed by atoms with Crippen LogP contribution in [0.4, 0.5) is 0 Å². The Morgan fingerprint density at radius 1 is 1.03 bits per heavy atom. The van der Waals surface area contributed by atoms with Gasteiger partial charge in [-0.25, -0.2) is 0 Å². The Labute approximate surface area is 177 Å². The molecule has 0 bridgehead atoms. The number of imide groups is 1. The molecule has 2 aliphatic heterocycles. The molecule has 1 aromatic carbocycles. The third-order valence-corrected chi connectivity index (χ3v) is 6.73. The number of nitrogens with zero attached hydrogens (tertiary/aromatic N) is 1. The van der Waals surface area contributed by atoms with E-state index in [9.17, 15) is 14.4 Å². The molecule has 162 valence electrons. The van der Waals surface area contributed by atoms with Gasteiger partial charge in [-0.05, 0) is 18.4 Å². The van der Waals surface area contributed by atoms with E-state index in [1.54, 1.807) is 0 Å². The van der Waals surface area contributed by atoms with Gasteiger partial charge in [0.15, 0.2) is 0 Å². The maximum absolute atomic E-state index is 12.5. The molecule has 2 N–H and O–H groups in total. The van der Waals surface area contributed by atoms with Gasteiger partial charge in [-0.1, -0.05) is 37.1 Å². The van der Waals surface area contributed by atoms with Crippen molar-refractivity contribution in [2.45, 2.75) is 45.2 Å². The van der Waals surface area contributed by atoms with Crippen molar-refractivity contribution in [3.63, 3.8) is 0 Å². The van der Waals surface area contributed by atoms with Crippen LogP contribution in [0.1, 0.15) is 43.2 Å². The number of hydrogen-bond acceptors (Lipinski definition) is 4. The zero-order chi connectivity index (χ0) is 20.9. The molecule has 3 aliphatic rings. The summed E-state index contributed by atoms with van der Waals surface area (Å²) in [4.78, 5) is 40.3. The maximum Gasteiger partial charge on any atom is 0.233 e. The van der Waals surface area contributed by atoms with E-state index in [-0.39, 0.29) is 42.5 Å². The van der Waals surface area contributed by atoms with Crippen LogP contribution in [0.3, 0.4) is 0 Å². The van der Waals surface area contributed by atoms with Crippen molar-refractivity contribution < 1.29 is 24.0 Å². The summed E-state index contributed by atoms with van der Waals surface area (Å²) in [7, 11) is 0. The number of ether oxygens (including phenoxy) is 1. The average molecular weight is 415 g/mol. The van der Waals surface area contributed by atoms with Gasteiger partial charge in [-0.3, -0.25) is 19.3 Å². The predicted molar refractivity (Wildman–Crippen MR) is 110 cm³/mol. The standard InChI is InChI=1S/C23H31N3O4/c27-21(9-10-26-22(28)19-7-3-4-8-20(19)23(26)29)24-15-17-5-1-2-6-18(17)16-25-11-13-30-14-12-25/h1-2,5-6,19-20H,3-4,7-16H2,(H,24,27)/p+1/t19-,20-/m0/s1. The van der Waals surface area contributed by atoms with Gasteiger partial charge in [-0.2, -0.15) is 0 Å². The Balaban J connectivity index is 1.27. The van der Waals surface area contributed by atoms with Gasteiger partial charge >= 0.3 is 0 Å². The van der Waals surface area contributed by atoms with Crippen molar-refractivity contribution in [3.05, 3.63) is 35.4 Å². The molecular formula is C23H32N3O4+. The molecule has 30 heavy (non-hydrogen) atoms. The molecule has 7 nitrogen and oxygen atoms in total. The predicted octanol–water partition coefficient (Wildman–Crippen LogP) is 0.283. The summed E-state index contributed by atoms with van der Waals surface area (Å²) in [6.45, 7) is 5.17. The first-order chi connectivity index (χ1) is 14.6. The van der Waals surface area contributed by atoms with Gasteiger partial charge in [0.25, 0.3) is 0 Å². The van der Waals surface area contributed by atoms with Crippen LogP contribution in [0.5, 0.6) is 0 Å². The van der Waals surface area contributed by atoms with E-state index in [1.165, 1.54) is 15.4 Å². The first-order valence-corrected chi connectivity index (χ1v) is 11.2. The largest absolute Gasteiger partial charge is 0.370 e. The number of nitrogens with one attached hydrogen (secondary N) is 2. The van der Waals surface area contributed by atoms with Gasteiger partial charge in [0.1, 0.15) is 19.6 Å². The quantitative estimate of drug-likeness (QED) is 0.629. The first-order valence-electron chi connectivity index (χ1n) is 11.2. The van der Waals surface area contributed by atoms with Crippen molar-refractivity contribution in [2.24, 2.45) is 11.8 Å². The lowest BCUT2D eigenvalue weighted by molar-refractivity contribution is -0.921. The molecule has 0 radical (unpaired) electrons. The van der Waals surface area contributed by atoms with Gasteiger partial charge in [-0.15, -0.1) is 0 Å². The summed E-state index contributed by atoms with van der Waals surface area (Å²) in [6, 6.07) is 8.19. The summed E-state index contributed by atoms with van der Waals surface area (Å²) >= 11 is 0. The summed E-state index contributed by atoms with van der Waals surface area (Å²) in [5.41, 5.74) is 2.35. The third-order valence-electron chi connectivity index (χ3n) is 6.73. The highest BCUT2D eigenvalue weighted by molar-refractivity contribution is 6.05. The van der Waals surface area contributed by atoms with Crippen LogP contribution in [0.15, 0.2) is 24.3 Å². The molecule has 3 fully saturated rings. The fraction of sp³-hybridized carbons (Fsp3) is 0.609. The summed E-state index contributed by atoms with van der Waals surface area (Å²) in [5.74, 6) is -0.570. The highest BCUT2D eigenvalue weighted by atomic mass is 16.5. The van der Waals surface area contributed by atoms with Crippen LogP contribution in [-0.4, -0.2) is 55.5 Å². The van der Waals surface area contributed by atoms with E-state index >= 15 is 0 Å². The minimum Gasteiger partial charge on any atom is -0.370 e. The number of quaternary nitrogens is 1. The Kier molecular flexibility index (Phi) is 6.79. The number of amides is 3. The fourth-order valence-electron chi connectivity index (χ4n) is 4.96. The zero-order valence-corrected chi connectivity index (χ0v) is 17.5. The normalized spacial score (nSPS) is 24.7. The number of hydrogen-bond donors (Lipinski definition) is 2. The number of carbonyl (C=O) groups excluding carboxylic acids is 3. The Morgan fingerprint density at radius 2 is 1.67 bits per heavy atom. The van der Waals surface area contributed by atoms with Gasteiger partial charge in [0.2, 0.25) is 17.7 Å². The molecular weight excluding hydrogens is 382 g/mol. The van der Waals surface area contributed by atoms with Crippen LogP contribution in [0, 0.1) is 11.8 Å². The van der Waals surface area contributed by atoms with Crippen molar-refractivity contribution in [3.8, 4) is 0 Å². The molecule has 0 unspecified atom stereocenters. The summed E-state index contributed by atoms with van der Waals surface area (Å²) in [5, 5.41) is 2.97. The number of carbonyl (C=O) groups is 3. The van der Waals surface area contributed by atoms with Crippen molar-refractivity contribution in [1.29, 1.82) is 0 Å². The molecule has 2 atom stereocenters. The van der Waals surface area contributed by atoms with E-state index < -0.39 is 0 Å². The molecule has 1 aromatic rings. The van der Waals surface area contributed by atoms with Crippen molar-refractivity contribution in [2.75, 3.05) is 32.8 Å². The zero-order valence-electron chi connectivity index (χ0n) is 17.5. The second-order valence-electron chi connectivity index (χ2n) is 8.66. The van der Waals surface area contributed by atoms with Crippen LogP contribution in [0.25, 0.3) is 0 Å². The first kappa shape index (κ1) is 21.0. The van der Waals surface area contributed by atoms with E-state index in [0.29, 0.717) is 6.54 Å². The number of benzene rings is 1. The lowest BCUT2D eigenvalue weighted by atomic mass is 9.81. The average Bonchev–Trinajstić information content (AvgIpc) is 3.02. The topological polar surface area (TPSA) is 80.2 Å². The smallest absolute Gasteiger partial charge is 0.233 e. The lowest BCUT2D eigenvalue weighted by Gasteiger charge is -2.24. The van der Waals surface area contributed by atoms with Crippen LogP contribution in [0.2, 0.25) is 0 Å². The summed E-state index contributed by atoms with van der Waals surface area (Å²) < 4.78 is 5.43. The number of likely N-dealkylation sites (tertiary alicyclic amines) is 1. The molecule has 3 amide bonds. The minimum absolute atomic E-state index is 0.0728. The monoisotopic (exact) mass is 414 g/mol. The Morgan fingerprint density at radius 3 is 2.33 bits per heavy atom. The highest BCUT2D eigenvalue weighted by Crippen LogP contribution is 2.37. The number of fused-ring (bicyclic) bond motifs is 1. The molecule has 0 aromatic heterocycles. The number of rotatable bonds is 7. The SMILES string of the molecule is O=C(CCN1C(=O)[C@H]2CCCC[C@@H]2C1=O)NCc1ccccc1C[NH+]1CCOCC1. The third kappa shape index (κ3) is 4.73. The fourth-order valence-corrected chi connectivity index (χ4v) is 4.96. The highest BCUT2D eigenvalue weighted by Gasteiger charge is 2.47. The summed E-state index contributed by atoms with van der Waals surface area (Å²) in [6.07, 6.45) is 3.80. The van der Waals surface area contributed by atoms with Gasteiger partial charge < -0.3 is 15.0 Å². The maximum atomic E-state index is 12.5. The number of morpholine rings is 1. The van der Waals surface area contributed by atoms with Crippen LogP contribution < -0.4 is 10.2 Å². The Hall–Kier alpha value is -2.25. The lowest BCUT2D eigenvalue weighted by Crippen LogP contribution is -3.12. The van der Waals surface area contributed by atoms with Gasteiger partial charge in [0.05, 0.1) is 25.0 Å². The Bertz CT molecular complexity index is 766. The van der Waals surface area contributed by atoms with Gasteiger partial charge in [0, 0.05) is 25.1 Å². The molecule has 7 heteroatoms. The minimum atomic E-state index is -0.149. The van der Waals surface area contributed by atoms with E-state index in [2.05, 4.69) is 11.4 Å². The van der Waals surface area contributed by atoms with Crippen LogP contribution in [-0.2, 0) is 32.2 Å². The van der Waals surface area contributed by atoms with E-state index in [1.807, 2.05) is 18.2 Å². The molecule has 2 heterocycles. The molecule has 2 saturated heterocycles. The van der Waals surface area contributed by atoms with E-state index in [4.69, 9.17) is 4.74 Å². The second kappa shape index (κ2) is 9.71. The molecule has 1 aliphatic carbocycles. The van der Waals surface area contributed by atoms with E-state index in [0.717, 1.165) is 64.1 Å². The molecule has 0 spiro atoms. The van der Waals surface area contributed by atoms with Crippen molar-refractivity contribution >= 4 is 17.7 Å². The molecule has 1 saturated carbocycles. The molecule has 4 rings (SSSR count). The second-order valence-corrected chi connectivity index (χ2v) is 8.66.